The summed E-state index contributed by atoms with van der Waals surface area (Å²) in [4.78, 5) is 0. The van der Waals surface area contributed by atoms with E-state index in [1.807, 2.05) is 36.4 Å². The Bertz CT molecular complexity index is 741. The van der Waals surface area contributed by atoms with Crippen LogP contribution >= 0.6 is 7.55 Å². The third-order valence-corrected chi connectivity index (χ3v) is 7.08. The monoisotopic (exact) mass is 388 g/mol. The van der Waals surface area contributed by atoms with Gasteiger partial charge in [0.2, 0.25) is 0 Å². The van der Waals surface area contributed by atoms with Gasteiger partial charge in [-0.05, 0) is 25.5 Å². The summed E-state index contributed by atoms with van der Waals surface area (Å²) in [6.07, 6.45) is 3.33. The van der Waals surface area contributed by atoms with Gasteiger partial charge < -0.3 is 18.9 Å². The molecule has 2 aromatic carbocycles. The van der Waals surface area contributed by atoms with Crippen LogP contribution in [0.2, 0.25) is 0 Å². The van der Waals surface area contributed by atoms with Gasteiger partial charge in [0.15, 0.2) is 0 Å². The van der Waals surface area contributed by atoms with Crippen molar-refractivity contribution in [1.29, 1.82) is 0 Å². The lowest BCUT2D eigenvalue weighted by atomic mass is 10.2. The zero-order valence-electron chi connectivity index (χ0n) is 17.0. The van der Waals surface area contributed by atoms with Crippen LogP contribution in [0, 0.1) is 6.16 Å². The summed E-state index contributed by atoms with van der Waals surface area (Å²) in [5.74, 6) is 5.51. The predicted octanol–water partition coefficient (Wildman–Crippen LogP) is 5.36. The third-order valence-electron chi connectivity index (χ3n) is 4.59. The van der Waals surface area contributed by atoms with Crippen LogP contribution in [-0.4, -0.2) is 39.9 Å². The second-order valence-electron chi connectivity index (χ2n) is 6.12. The molecule has 27 heavy (non-hydrogen) atoms. The average Bonchev–Trinajstić information content (AvgIpc) is 2.72. The predicted molar refractivity (Wildman–Crippen MR) is 114 cm³/mol. The molecule has 0 saturated carbocycles. The second kappa shape index (κ2) is 10.1. The number of hydrogen-bond acceptors (Lipinski definition) is 4. The fraction of sp³-hybridized carbons (Fsp3) is 0.364. The van der Waals surface area contributed by atoms with Gasteiger partial charge in [0.1, 0.15) is 23.0 Å². The summed E-state index contributed by atoms with van der Waals surface area (Å²) in [6.45, 7) is 4.48. The van der Waals surface area contributed by atoms with E-state index in [4.69, 9.17) is 18.9 Å². The topological polar surface area (TPSA) is 36.9 Å². The standard InChI is InChI=1S/C22H29O4P/c1-7-16(2)27(14-17-19(23-3)10-8-11-20(17)24-4)15-18-21(25-5)12-9-13-22(18)26-6/h8-16H,7H2,1-6H3. The van der Waals surface area contributed by atoms with Gasteiger partial charge in [0, 0.05) is 17.7 Å². The van der Waals surface area contributed by atoms with E-state index < -0.39 is 7.55 Å². The van der Waals surface area contributed by atoms with E-state index in [-0.39, 0.29) is 0 Å². The van der Waals surface area contributed by atoms with Gasteiger partial charge in [-0.25, -0.2) is 0 Å². The van der Waals surface area contributed by atoms with Crippen LogP contribution in [-0.2, 0) is 0 Å². The first-order valence-corrected chi connectivity index (χ1v) is 10.5. The molecule has 4 nitrogen and oxygen atoms in total. The minimum atomic E-state index is -0.632. The Kier molecular flexibility index (Phi) is 7.87. The summed E-state index contributed by atoms with van der Waals surface area (Å²) >= 11 is 0. The van der Waals surface area contributed by atoms with Gasteiger partial charge in [-0.1, -0.05) is 36.8 Å². The molecule has 0 aliphatic carbocycles. The number of rotatable bonds is 9. The van der Waals surface area contributed by atoms with E-state index >= 15 is 0 Å². The van der Waals surface area contributed by atoms with Gasteiger partial charge >= 0.3 is 0 Å². The Hall–Kier alpha value is -2.32. The lowest BCUT2D eigenvalue weighted by molar-refractivity contribution is 0.391. The highest BCUT2D eigenvalue weighted by Crippen LogP contribution is 2.45. The molecule has 2 rings (SSSR count). The smallest absolute Gasteiger partial charge is 0.133 e. The van der Waals surface area contributed by atoms with Crippen molar-refractivity contribution in [2.75, 3.05) is 28.4 Å². The maximum absolute atomic E-state index is 5.58. The largest absolute Gasteiger partial charge is 0.553 e. The number of ether oxygens (including phenoxy) is 4. The molecule has 0 aliphatic heterocycles. The Labute approximate surface area is 163 Å². The maximum atomic E-state index is 5.58. The van der Waals surface area contributed by atoms with Crippen LogP contribution in [0.5, 0.6) is 23.0 Å². The molecule has 0 aliphatic rings. The first-order chi connectivity index (χ1) is 13.1. The van der Waals surface area contributed by atoms with Crippen LogP contribution in [0.1, 0.15) is 31.4 Å². The molecule has 0 amide bonds. The first-order valence-electron chi connectivity index (χ1n) is 8.98. The summed E-state index contributed by atoms with van der Waals surface area (Å²) in [5, 5.41) is 0. The van der Waals surface area contributed by atoms with Gasteiger partial charge in [0.05, 0.1) is 41.5 Å². The van der Waals surface area contributed by atoms with E-state index in [2.05, 4.69) is 25.8 Å². The SMILES string of the molecule is CCC(C)[P+](=Cc1c(OC)cccc1OC)[CH-]c1c(OC)cccc1OC. The lowest BCUT2D eigenvalue weighted by Crippen LogP contribution is -2.01. The van der Waals surface area contributed by atoms with E-state index in [0.717, 1.165) is 40.5 Å². The molecule has 0 bridgehead atoms. The van der Waals surface area contributed by atoms with Crippen LogP contribution in [0.4, 0.5) is 0 Å². The van der Waals surface area contributed by atoms with Crippen molar-refractivity contribution in [1.82, 2.24) is 0 Å². The molecule has 146 valence electrons. The molecular formula is C22H29O4P. The summed E-state index contributed by atoms with van der Waals surface area (Å²) in [5.41, 5.74) is 2.45. The van der Waals surface area contributed by atoms with Gasteiger partial charge in [-0.3, -0.25) is 0 Å². The van der Waals surface area contributed by atoms with Crippen LogP contribution < -0.4 is 18.9 Å². The van der Waals surface area contributed by atoms with Crippen molar-refractivity contribution >= 4 is 13.3 Å². The van der Waals surface area contributed by atoms with Gasteiger partial charge in [-0.2, -0.15) is 0 Å². The van der Waals surface area contributed by atoms with Crippen LogP contribution in [0.3, 0.4) is 0 Å². The zero-order valence-corrected chi connectivity index (χ0v) is 17.9. The number of benzene rings is 2. The van der Waals surface area contributed by atoms with Crippen molar-refractivity contribution in [3.8, 4) is 23.0 Å². The third kappa shape index (κ3) is 4.90. The Morgan fingerprint density at radius 1 is 0.852 bits per heavy atom. The number of methoxy groups -OCH3 is 4. The molecule has 0 heterocycles. The summed E-state index contributed by atoms with van der Waals surface area (Å²) < 4.78 is 22.3. The quantitative estimate of drug-likeness (QED) is 0.428. The average molecular weight is 388 g/mol. The van der Waals surface area contributed by atoms with E-state index in [1.54, 1.807) is 28.4 Å². The minimum absolute atomic E-state index is 0.476. The highest BCUT2D eigenvalue weighted by atomic mass is 31.1. The van der Waals surface area contributed by atoms with Crippen molar-refractivity contribution in [3.63, 3.8) is 0 Å². The Balaban J connectivity index is 2.58. The molecule has 2 aromatic rings. The van der Waals surface area contributed by atoms with Gasteiger partial charge in [-0.15, -0.1) is 0 Å². The van der Waals surface area contributed by atoms with E-state index in [9.17, 15) is 0 Å². The number of hydrogen-bond donors (Lipinski definition) is 0. The zero-order chi connectivity index (χ0) is 19.8. The first kappa shape index (κ1) is 21.0. The molecule has 0 fully saturated rings. The summed E-state index contributed by atoms with van der Waals surface area (Å²) in [7, 11) is 6.11. The molecular weight excluding hydrogens is 359 g/mol. The fourth-order valence-corrected chi connectivity index (χ4v) is 4.93. The van der Waals surface area contributed by atoms with Crippen LogP contribution in [0.25, 0.3) is 0 Å². The maximum Gasteiger partial charge on any atom is 0.133 e. The highest BCUT2D eigenvalue weighted by Gasteiger charge is 2.21. The molecule has 0 aromatic heterocycles. The van der Waals surface area contributed by atoms with E-state index in [1.165, 1.54) is 0 Å². The molecule has 0 saturated heterocycles. The van der Waals surface area contributed by atoms with Crippen molar-refractivity contribution in [2.45, 2.75) is 25.9 Å². The molecule has 0 spiro atoms. The minimum Gasteiger partial charge on any atom is -0.553 e. The van der Waals surface area contributed by atoms with Crippen LogP contribution in [0.15, 0.2) is 36.4 Å². The summed E-state index contributed by atoms with van der Waals surface area (Å²) in [6, 6.07) is 11.7. The molecule has 0 radical (unpaired) electrons. The normalized spacial score (nSPS) is 12.3. The fourth-order valence-electron chi connectivity index (χ4n) is 2.81. The Morgan fingerprint density at radius 3 is 1.70 bits per heavy atom. The second-order valence-corrected chi connectivity index (χ2v) is 8.41. The Morgan fingerprint density at radius 2 is 1.30 bits per heavy atom. The van der Waals surface area contributed by atoms with Crippen molar-refractivity contribution in [2.24, 2.45) is 0 Å². The molecule has 2 unspecified atom stereocenters. The van der Waals surface area contributed by atoms with Crippen molar-refractivity contribution < 1.29 is 18.9 Å². The lowest BCUT2D eigenvalue weighted by Gasteiger charge is -2.20. The molecule has 5 heteroatoms. The van der Waals surface area contributed by atoms with E-state index in [0.29, 0.717) is 5.66 Å². The van der Waals surface area contributed by atoms with Gasteiger partial charge in [0.25, 0.3) is 0 Å². The molecule has 0 N–H and O–H groups in total. The van der Waals surface area contributed by atoms with Crippen molar-refractivity contribution in [3.05, 3.63) is 53.7 Å². The molecule has 2 atom stereocenters. The highest BCUT2D eigenvalue weighted by molar-refractivity contribution is 7.60.